The van der Waals surface area contributed by atoms with E-state index in [4.69, 9.17) is 8.85 Å². The Kier molecular flexibility index (Phi) is 6.44. The molecule has 22 heavy (non-hydrogen) atoms. The summed E-state index contributed by atoms with van der Waals surface area (Å²) in [6.45, 7) is 9.37. The van der Waals surface area contributed by atoms with Crippen LogP contribution in [0.15, 0.2) is 18.2 Å². The maximum absolute atomic E-state index is 11.2. The Hall–Kier alpha value is -1.07. The van der Waals surface area contributed by atoms with E-state index >= 15 is 0 Å². The summed E-state index contributed by atoms with van der Waals surface area (Å²) >= 11 is 0. The molecule has 0 saturated heterocycles. The summed E-state index contributed by atoms with van der Waals surface area (Å²) < 4.78 is 11.9. The minimum absolute atomic E-state index is 0.0822. The average molecular weight is 339 g/mol. The summed E-state index contributed by atoms with van der Waals surface area (Å²) in [6.07, 6.45) is 0. The number of benzene rings is 1. The van der Waals surface area contributed by atoms with Gasteiger partial charge in [-0.05, 0) is 24.7 Å². The fourth-order valence-corrected chi connectivity index (χ4v) is 3.82. The van der Waals surface area contributed by atoms with E-state index in [9.17, 15) is 15.2 Å². The zero-order valence-corrected chi connectivity index (χ0v) is 15.5. The third kappa shape index (κ3) is 3.82. The lowest BCUT2D eigenvalue weighted by atomic mass is 9.80. The number of rotatable bonds is 7. The smallest absolute Gasteiger partial charge is 0.270 e. The first kappa shape index (κ1) is 19.0. The molecule has 0 aliphatic rings. The summed E-state index contributed by atoms with van der Waals surface area (Å²) in [5.74, 6) is -1.09. The van der Waals surface area contributed by atoms with Crippen LogP contribution in [0.5, 0.6) is 0 Å². The molecule has 0 aromatic heterocycles. The van der Waals surface area contributed by atoms with Gasteiger partial charge in [0.15, 0.2) is 5.79 Å². The van der Waals surface area contributed by atoms with Gasteiger partial charge >= 0.3 is 0 Å². The monoisotopic (exact) mass is 339 g/mol. The summed E-state index contributed by atoms with van der Waals surface area (Å²) in [5, 5.41) is 20.6. The van der Waals surface area contributed by atoms with Gasteiger partial charge in [-0.2, -0.15) is 0 Å². The normalized spacial score (nSPS) is 12.5. The van der Waals surface area contributed by atoms with Crippen molar-refractivity contribution in [3.8, 4) is 0 Å². The van der Waals surface area contributed by atoms with Crippen molar-refractivity contribution in [1.29, 1.82) is 0 Å². The second kappa shape index (κ2) is 7.47. The van der Waals surface area contributed by atoms with E-state index in [0.717, 1.165) is 0 Å². The molecule has 0 saturated carbocycles. The maximum Gasteiger partial charge on any atom is 0.270 e. The second-order valence-corrected chi connectivity index (χ2v) is 7.01. The average Bonchev–Trinajstić information content (AvgIpc) is 2.45. The van der Waals surface area contributed by atoms with E-state index < -0.39 is 16.1 Å². The summed E-state index contributed by atoms with van der Waals surface area (Å²) in [7, 11) is 0.308. The van der Waals surface area contributed by atoms with Crippen LogP contribution in [0.3, 0.4) is 0 Å². The van der Waals surface area contributed by atoms with Crippen LogP contribution in [-0.2, 0) is 21.2 Å². The Morgan fingerprint density at radius 3 is 2.09 bits per heavy atom. The molecule has 0 aliphatic carbocycles. The number of non-ortho nitro benzene ring substituents is 1. The minimum Gasteiger partial charge on any atom is -0.392 e. The van der Waals surface area contributed by atoms with Gasteiger partial charge in [0.05, 0.1) is 11.5 Å². The zero-order chi connectivity index (χ0) is 17.0. The fourth-order valence-electron chi connectivity index (χ4n) is 2.23. The van der Waals surface area contributed by atoms with Gasteiger partial charge in [0.1, 0.15) is 0 Å². The number of nitro benzene ring substituents is 1. The van der Waals surface area contributed by atoms with Crippen molar-refractivity contribution in [2.45, 2.75) is 46.3 Å². The zero-order valence-electron chi connectivity index (χ0n) is 13.5. The van der Waals surface area contributed by atoms with Gasteiger partial charge in [-0.25, -0.2) is 0 Å². The molecule has 1 aromatic carbocycles. The number of aliphatic hydroxyl groups excluding tert-OH is 1. The van der Waals surface area contributed by atoms with Crippen LogP contribution >= 0.6 is 0 Å². The third-order valence-corrected chi connectivity index (χ3v) is 4.21. The van der Waals surface area contributed by atoms with E-state index in [1.54, 1.807) is 6.07 Å². The Morgan fingerprint density at radius 2 is 1.73 bits per heavy atom. The first-order valence-corrected chi connectivity index (χ1v) is 9.62. The van der Waals surface area contributed by atoms with Crippen LogP contribution < -0.4 is 0 Å². The van der Waals surface area contributed by atoms with E-state index in [-0.39, 0.29) is 31.8 Å². The second-order valence-electron chi connectivity index (χ2n) is 5.78. The molecule has 0 amide bonds. The molecule has 4 radical (unpaired) electrons. The lowest BCUT2D eigenvalue weighted by molar-refractivity contribution is -0.385. The van der Waals surface area contributed by atoms with Crippen molar-refractivity contribution in [2.75, 3.05) is 0 Å². The SMILES string of the molecule is C[Si]OC(O[Si]C)(c1cc(CO)cc([N+](=O)[O-])c1)C(C)(C)C. The molecule has 0 spiro atoms. The van der Waals surface area contributed by atoms with E-state index in [2.05, 4.69) is 0 Å². The highest BCUT2D eigenvalue weighted by atomic mass is 28.2. The molecule has 0 heterocycles. The quantitative estimate of drug-likeness (QED) is 0.357. The van der Waals surface area contributed by atoms with Gasteiger partial charge in [0.25, 0.3) is 5.69 Å². The summed E-state index contributed by atoms with van der Waals surface area (Å²) in [6, 6.07) is 4.53. The molecule has 0 unspecified atom stereocenters. The van der Waals surface area contributed by atoms with Crippen molar-refractivity contribution in [1.82, 2.24) is 0 Å². The first-order chi connectivity index (χ1) is 10.2. The molecule has 0 bridgehead atoms. The van der Waals surface area contributed by atoms with E-state index in [1.807, 2.05) is 33.9 Å². The molecule has 8 heteroatoms. The van der Waals surface area contributed by atoms with Crippen molar-refractivity contribution >= 4 is 25.2 Å². The number of hydrogen-bond acceptors (Lipinski definition) is 5. The lowest BCUT2D eigenvalue weighted by Gasteiger charge is -2.44. The number of nitrogens with zero attached hydrogens (tertiary/aromatic N) is 1. The highest BCUT2D eigenvalue weighted by molar-refractivity contribution is 6.26. The largest absolute Gasteiger partial charge is 0.392 e. The van der Waals surface area contributed by atoms with Crippen molar-refractivity contribution in [3.05, 3.63) is 39.4 Å². The molecule has 0 atom stereocenters. The van der Waals surface area contributed by atoms with Crippen LogP contribution in [0, 0.1) is 15.5 Å². The maximum atomic E-state index is 11.2. The first-order valence-electron chi connectivity index (χ1n) is 6.81. The van der Waals surface area contributed by atoms with Gasteiger partial charge in [-0.15, -0.1) is 0 Å². The minimum atomic E-state index is -1.09. The van der Waals surface area contributed by atoms with Crippen LogP contribution in [-0.4, -0.2) is 29.6 Å². The van der Waals surface area contributed by atoms with Crippen LogP contribution in [0.2, 0.25) is 13.1 Å². The molecule has 1 rings (SSSR count). The molecule has 0 fully saturated rings. The molecule has 6 nitrogen and oxygen atoms in total. The highest BCUT2D eigenvalue weighted by Crippen LogP contribution is 2.44. The van der Waals surface area contributed by atoms with Crippen molar-refractivity contribution in [2.24, 2.45) is 5.41 Å². The Balaban J connectivity index is 3.59. The molecule has 0 aliphatic heterocycles. The Bertz CT molecular complexity index is 524. The van der Waals surface area contributed by atoms with Gasteiger partial charge in [0.2, 0.25) is 19.5 Å². The third-order valence-electron chi connectivity index (χ3n) is 3.23. The summed E-state index contributed by atoms with van der Waals surface area (Å²) in [5.41, 5.74) is 0.494. The highest BCUT2D eigenvalue weighted by Gasteiger charge is 2.46. The van der Waals surface area contributed by atoms with E-state index in [1.165, 1.54) is 12.1 Å². The molecule has 120 valence electrons. The van der Waals surface area contributed by atoms with Gasteiger partial charge in [-0.3, -0.25) is 10.1 Å². The standard InChI is InChI=1S/C14H21NO5Si2/c1-13(2,3)14(19-21-4,20-22-5)11-6-10(9-16)7-12(8-11)15(17)18/h6-8,16H,9H2,1-5H3. The predicted octanol–water partition coefficient (Wildman–Crippen LogP) is 2.65. The number of nitro groups is 1. The fraction of sp³-hybridized carbons (Fsp3) is 0.571. The predicted molar refractivity (Wildman–Crippen MR) is 85.6 cm³/mol. The van der Waals surface area contributed by atoms with Crippen LogP contribution in [0.25, 0.3) is 0 Å². The Morgan fingerprint density at radius 1 is 1.18 bits per heavy atom. The molecule has 1 N–H and O–H groups in total. The van der Waals surface area contributed by atoms with Gasteiger partial charge in [0, 0.05) is 23.1 Å². The number of hydrogen-bond donors (Lipinski definition) is 1. The molecular formula is C14H21NO5Si2. The van der Waals surface area contributed by atoms with Crippen LogP contribution in [0.1, 0.15) is 31.9 Å². The van der Waals surface area contributed by atoms with E-state index in [0.29, 0.717) is 11.1 Å². The van der Waals surface area contributed by atoms with Crippen molar-refractivity contribution in [3.63, 3.8) is 0 Å². The van der Waals surface area contributed by atoms with Crippen molar-refractivity contribution < 1.29 is 18.9 Å². The van der Waals surface area contributed by atoms with Crippen LogP contribution in [0.4, 0.5) is 5.69 Å². The summed E-state index contributed by atoms with van der Waals surface area (Å²) in [4.78, 5) is 10.7. The van der Waals surface area contributed by atoms with Gasteiger partial charge in [-0.1, -0.05) is 20.8 Å². The molecular weight excluding hydrogens is 318 g/mol. The topological polar surface area (TPSA) is 81.8 Å². The Labute approximate surface area is 135 Å². The lowest BCUT2D eigenvalue weighted by Crippen LogP contribution is -2.46. The van der Waals surface area contributed by atoms with Gasteiger partial charge < -0.3 is 14.0 Å². The molecule has 1 aromatic rings. The number of aliphatic hydroxyl groups is 1.